The molecule has 0 saturated carbocycles. The molecule has 2 heterocycles. The summed E-state index contributed by atoms with van der Waals surface area (Å²) in [6.45, 7) is -0.0131. The summed E-state index contributed by atoms with van der Waals surface area (Å²) < 4.78 is 5.26. The minimum Gasteiger partial charge on any atom is -0.482 e. The summed E-state index contributed by atoms with van der Waals surface area (Å²) in [6, 6.07) is 8.66. The number of carbonyl (C=O) groups is 1. The molecule has 1 aromatic carbocycles. The van der Waals surface area contributed by atoms with Crippen LogP contribution in [0, 0.1) is 11.3 Å². The number of nitrogens with zero attached hydrogens (tertiary/aromatic N) is 1. The normalized spacial score (nSPS) is 12.8. The van der Waals surface area contributed by atoms with Crippen molar-refractivity contribution in [2.24, 2.45) is 0 Å². The van der Waals surface area contributed by atoms with Crippen LogP contribution in [0.25, 0.3) is 11.1 Å². The smallest absolute Gasteiger partial charge is 0.266 e. The van der Waals surface area contributed by atoms with Crippen molar-refractivity contribution < 1.29 is 9.53 Å². The van der Waals surface area contributed by atoms with Gasteiger partial charge in [-0.1, -0.05) is 6.07 Å². The Morgan fingerprint density at radius 3 is 2.90 bits per heavy atom. The number of nitrogens with one attached hydrogen (secondary N) is 2. The summed E-state index contributed by atoms with van der Waals surface area (Å²) in [7, 11) is 0. The second kappa shape index (κ2) is 4.55. The zero-order valence-electron chi connectivity index (χ0n) is 10.3. The number of anilines is 1. The molecule has 3 rings (SSSR count). The Balaban J connectivity index is 2.15. The molecule has 20 heavy (non-hydrogen) atoms. The highest BCUT2D eigenvalue weighted by Crippen LogP contribution is 2.33. The minimum absolute atomic E-state index is 0.0131. The van der Waals surface area contributed by atoms with E-state index in [-0.39, 0.29) is 18.1 Å². The van der Waals surface area contributed by atoms with Crippen molar-refractivity contribution in [1.82, 2.24) is 4.98 Å². The highest BCUT2D eigenvalue weighted by molar-refractivity contribution is 5.96. The Bertz CT molecular complexity index is 802. The number of aromatic amines is 1. The van der Waals surface area contributed by atoms with Crippen LogP contribution in [-0.4, -0.2) is 17.5 Å². The van der Waals surface area contributed by atoms with Crippen molar-refractivity contribution in [1.29, 1.82) is 5.26 Å². The molecule has 2 aromatic rings. The van der Waals surface area contributed by atoms with Crippen molar-refractivity contribution in [3.63, 3.8) is 0 Å². The Morgan fingerprint density at radius 1 is 1.25 bits per heavy atom. The van der Waals surface area contributed by atoms with E-state index in [1.165, 1.54) is 6.20 Å². The lowest BCUT2D eigenvalue weighted by atomic mass is 10.0. The first-order valence-electron chi connectivity index (χ1n) is 5.88. The van der Waals surface area contributed by atoms with Gasteiger partial charge in [0.25, 0.3) is 11.5 Å². The highest BCUT2D eigenvalue weighted by Gasteiger charge is 2.17. The third-order valence-electron chi connectivity index (χ3n) is 3.00. The lowest BCUT2D eigenvalue weighted by Gasteiger charge is -2.18. The van der Waals surface area contributed by atoms with Gasteiger partial charge in [-0.2, -0.15) is 5.26 Å². The quantitative estimate of drug-likeness (QED) is 0.812. The van der Waals surface area contributed by atoms with Crippen molar-refractivity contribution in [3.05, 3.63) is 46.4 Å². The number of aromatic nitrogens is 1. The van der Waals surface area contributed by atoms with Crippen LogP contribution >= 0.6 is 0 Å². The Morgan fingerprint density at radius 2 is 2.10 bits per heavy atom. The molecule has 0 radical (unpaired) electrons. The lowest BCUT2D eigenvalue weighted by Crippen LogP contribution is -2.25. The standard InChI is InChI=1S/C14H9N3O3/c15-6-10-9(3-4-16-14(10)19)8-1-2-12-11(5-8)17-13(18)7-20-12/h1-5H,7H2,(H,16,19)(H,17,18). The predicted octanol–water partition coefficient (Wildman–Crippen LogP) is 1.24. The average molecular weight is 267 g/mol. The summed E-state index contributed by atoms with van der Waals surface area (Å²) in [5.74, 6) is 0.331. The molecule has 98 valence electrons. The number of fused-ring (bicyclic) bond motifs is 1. The highest BCUT2D eigenvalue weighted by atomic mass is 16.5. The molecule has 2 N–H and O–H groups in total. The number of ether oxygens (including phenoxy) is 1. The maximum Gasteiger partial charge on any atom is 0.266 e. The summed E-state index contributed by atoms with van der Waals surface area (Å²) in [4.78, 5) is 25.4. The largest absolute Gasteiger partial charge is 0.482 e. The van der Waals surface area contributed by atoms with Crippen LogP contribution in [0.3, 0.4) is 0 Å². The average Bonchev–Trinajstić information content (AvgIpc) is 2.46. The molecule has 6 heteroatoms. The first-order chi connectivity index (χ1) is 9.69. The van der Waals surface area contributed by atoms with E-state index in [1.54, 1.807) is 24.3 Å². The van der Waals surface area contributed by atoms with Crippen LogP contribution in [0.4, 0.5) is 5.69 Å². The fourth-order valence-corrected chi connectivity index (χ4v) is 2.08. The second-order valence-electron chi connectivity index (χ2n) is 4.26. The maximum atomic E-state index is 11.6. The number of carbonyl (C=O) groups excluding carboxylic acids is 1. The first-order valence-corrected chi connectivity index (χ1v) is 5.88. The summed E-state index contributed by atoms with van der Waals surface area (Å²) in [5, 5.41) is 11.8. The Labute approximate surface area is 113 Å². The van der Waals surface area contributed by atoms with E-state index >= 15 is 0 Å². The number of nitriles is 1. The fourth-order valence-electron chi connectivity index (χ4n) is 2.08. The SMILES string of the molecule is N#Cc1c(-c2ccc3c(c2)NC(=O)CO3)cc[nH]c1=O. The Kier molecular flexibility index (Phi) is 2.73. The molecule has 1 amide bonds. The number of pyridine rings is 1. The van der Waals surface area contributed by atoms with Crippen LogP contribution in [0.15, 0.2) is 35.3 Å². The molecule has 0 saturated heterocycles. The maximum absolute atomic E-state index is 11.6. The van der Waals surface area contributed by atoms with Gasteiger partial charge in [0.15, 0.2) is 6.61 Å². The topological polar surface area (TPSA) is 95.0 Å². The molecule has 6 nitrogen and oxygen atoms in total. The molecule has 0 spiro atoms. The van der Waals surface area contributed by atoms with Gasteiger partial charge in [0.1, 0.15) is 17.4 Å². The van der Waals surface area contributed by atoms with E-state index in [0.717, 1.165) is 0 Å². The second-order valence-corrected chi connectivity index (χ2v) is 4.26. The van der Waals surface area contributed by atoms with Gasteiger partial charge in [-0.15, -0.1) is 0 Å². The molecule has 0 aliphatic carbocycles. The third-order valence-corrected chi connectivity index (χ3v) is 3.00. The van der Waals surface area contributed by atoms with Gasteiger partial charge < -0.3 is 15.0 Å². The zero-order chi connectivity index (χ0) is 14.1. The number of rotatable bonds is 1. The van der Waals surface area contributed by atoms with Crippen molar-refractivity contribution in [2.45, 2.75) is 0 Å². The van der Waals surface area contributed by atoms with E-state index in [9.17, 15) is 9.59 Å². The van der Waals surface area contributed by atoms with Gasteiger partial charge in [0.05, 0.1) is 5.69 Å². The van der Waals surface area contributed by atoms with Crippen molar-refractivity contribution in [3.8, 4) is 22.9 Å². The van der Waals surface area contributed by atoms with Gasteiger partial charge in [-0.25, -0.2) is 0 Å². The molecule has 1 aliphatic rings. The zero-order valence-corrected chi connectivity index (χ0v) is 10.3. The van der Waals surface area contributed by atoms with Gasteiger partial charge >= 0.3 is 0 Å². The van der Waals surface area contributed by atoms with Gasteiger partial charge in [0, 0.05) is 11.8 Å². The third kappa shape index (κ3) is 1.91. The number of H-pyrrole nitrogens is 1. The number of amides is 1. The molecular formula is C14H9N3O3. The van der Waals surface area contributed by atoms with Crippen LogP contribution in [-0.2, 0) is 4.79 Å². The van der Waals surface area contributed by atoms with Crippen LogP contribution in [0.5, 0.6) is 5.75 Å². The van der Waals surface area contributed by atoms with Crippen LogP contribution in [0.1, 0.15) is 5.56 Å². The monoisotopic (exact) mass is 267 g/mol. The van der Waals surface area contributed by atoms with Gasteiger partial charge in [-0.05, 0) is 23.8 Å². The van der Waals surface area contributed by atoms with E-state index < -0.39 is 5.56 Å². The van der Waals surface area contributed by atoms with Crippen molar-refractivity contribution >= 4 is 11.6 Å². The molecule has 0 atom stereocenters. The van der Waals surface area contributed by atoms with Crippen molar-refractivity contribution in [2.75, 3.05) is 11.9 Å². The fraction of sp³-hybridized carbons (Fsp3) is 0.0714. The van der Waals surface area contributed by atoms with E-state index in [2.05, 4.69) is 10.3 Å². The molecule has 0 bridgehead atoms. The van der Waals surface area contributed by atoms with E-state index in [4.69, 9.17) is 10.00 Å². The van der Waals surface area contributed by atoms with Crippen LogP contribution in [0.2, 0.25) is 0 Å². The summed E-state index contributed by atoms with van der Waals surface area (Å²) >= 11 is 0. The number of hydrogen-bond acceptors (Lipinski definition) is 4. The molecule has 1 aliphatic heterocycles. The van der Waals surface area contributed by atoms with Gasteiger partial charge in [-0.3, -0.25) is 9.59 Å². The summed E-state index contributed by atoms with van der Waals surface area (Å²) in [5.41, 5.74) is 1.30. The lowest BCUT2D eigenvalue weighted by molar-refractivity contribution is -0.118. The Hall–Kier alpha value is -3.07. The van der Waals surface area contributed by atoms with E-state index in [1.807, 2.05) is 6.07 Å². The molecule has 1 aromatic heterocycles. The molecule has 0 fully saturated rings. The molecule has 0 unspecified atom stereocenters. The predicted molar refractivity (Wildman–Crippen MR) is 71.3 cm³/mol. The minimum atomic E-state index is -0.442. The molecular weight excluding hydrogens is 258 g/mol. The summed E-state index contributed by atoms with van der Waals surface area (Å²) in [6.07, 6.45) is 1.48. The van der Waals surface area contributed by atoms with Gasteiger partial charge in [0.2, 0.25) is 0 Å². The van der Waals surface area contributed by atoms with Crippen LogP contribution < -0.4 is 15.6 Å². The number of hydrogen-bond donors (Lipinski definition) is 2. The first kappa shape index (κ1) is 12.0. The van der Waals surface area contributed by atoms with E-state index in [0.29, 0.717) is 22.6 Å². The number of benzene rings is 1.